The highest BCUT2D eigenvalue weighted by atomic mass is 32.2. The van der Waals surface area contributed by atoms with Gasteiger partial charge in [-0.15, -0.1) is 0 Å². The van der Waals surface area contributed by atoms with Gasteiger partial charge in [0, 0.05) is 45.7 Å². The Labute approximate surface area is 170 Å². The van der Waals surface area contributed by atoms with Crippen LogP contribution in [0, 0.1) is 0 Å². The number of H-pyrrole nitrogens is 1. The molecule has 2 aromatic rings. The van der Waals surface area contributed by atoms with E-state index < -0.39 is 10.0 Å². The molecule has 10 heteroatoms. The summed E-state index contributed by atoms with van der Waals surface area (Å²) in [6.07, 6.45) is 2.94. The number of piperidine rings is 1. The summed E-state index contributed by atoms with van der Waals surface area (Å²) in [5, 5.41) is 9.51. The maximum absolute atomic E-state index is 13.1. The number of carbonyl (C=O) groups excluding carboxylic acids is 2. The van der Waals surface area contributed by atoms with E-state index >= 15 is 0 Å². The molecule has 1 aliphatic rings. The Kier molecular flexibility index (Phi) is 6.04. The molecule has 2 amide bonds. The molecular formula is C19H25N5O4S. The van der Waals surface area contributed by atoms with Crippen molar-refractivity contribution >= 4 is 27.5 Å². The largest absolute Gasteiger partial charge is 0.345 e. The zero-order valence-corrected chi connectivity index (χ0v) is 17.5. The van der Waals surface area contributed by atoms with Crippen LogP contribution in [0.15, 0.2) is 35.4 Å². The van der Waals surface area contributed by atoms with Crippen LogP contribution in [0.1, 0.15) is 41.7 Å². The van der Waals surface area contributed by atoms with Gasteiger partial charge in [-0.1, -0.05) is 0 Å². The summed E-state index contributed by atoms with van der Waals surface area (Å²) in [7, 11) is -0.354. The van der Waals surface area contributed by atoms with Gasteiger partial charge in [-0.3, -0.25) is 14.7 Å². The molecular weight excluding hydrogens is 394 g/mol. The molecule has 1 aromatic carbocycles. The van der Waals surface area contributed by atoms with Crippen LogP contribution in [-0.4, -0.2) is 66.8 Å². The Hall–Kier alpha value is -2.72. The number of aromatic nitrogens is 2. The average Bonchev–Trinajstić information content (AvgIpc) is 3.17. The smallest absolute Gasteiger partial charge is 0.256 e. The number of rotatable bonds is 5. The van der Waals surface area contributed by atoms with Crippen LogP contribution in [0.5, 0.6) is 0 Å². The molecule has 0 unspecified atom stereocenters. The first-order chi connectivity index (χ1) is 13.7. The second-order valence-corrected chi connectivity index (χ2v) is 9.24. The Morgan fingerprint density at radius 2 is 1.93 bits per heavy atom. The number of sulfonamides is 1. The lowest BCUT2D eigenvalue weighted by molar-refractivity contribution is -0.114. The number of aromatic amines is 1. The van der Waals surface area contributed by atoms with E-state index in [0.717, 1.165) is 6.42 Å². The SMILES string of the molecule is CC(=O)Nc1ccc(S(=O)(=O)N2CCC[C@@H](c3[nH]ncc3C(=O)N(C)C)C2)cc1. The maximum atomic E-state index is 13.1. The van der Waals surface area contributed by atoms with Gasteiger partial charge in [0.05, 0.1) is 22.3 Å². The van der Waals surface area contributed by atoms with Crippen molar-refractivity contribution in [2.75, 3.05) is 32.5 Å². The number of nitrogens with one attached hydrogen (secondary N) is 2. The predicted octanol–water partition coefficient (Wildman–Crippen LogP) is 1.64. The van der Waals surface area contributed by atoms with E-state index in [0.29, 0.717) is 29.9 Å². The molecule has 9 nitrogen and oxygen atoms in total. The molecule has 1 aromatic heterocycles. The second kappa shape index (κ2) is 8.34. The molecule has 3 rings (SSSR count). The van der Waals surface area contributed by atoms with Crippen molar-refractivity contribution < 1.29 is 18.0 Å². The Bertz CT molecular complexity index is 998. The van der Waals surface area contributed by atoms with Gasteiger partial charge in [0.25, 0.3) is 5.91 Å². The fourth-order valence-electron chi connectivity index (χ4n) is 3.48. The third-order valence-corrected chi connectivity index (χ3v) is 6.79. The van der Waals surface area contributed by atoms with E-state index in [1.165, 1.54) is 34.5 Å². The predicted molar refractivity (Wildman–Crippen MR) is 108 cm³/mol. The summed E-state index contributed by atoms with van der Waals surface area (Å²) in [6, 6.07) is 6.11. The first kappa shape index (κ1) is 21.0. The molecule has 2 heterocycles. The molecule has 0 bridgehead atoms. The number of anilines is 1. The zero-order valence-electron chi connectivity index (χ0n) is 16.7. The minimum atomic E-state index is -3.69. The average molecular weight is 420 g/mol. The number of benzene rings is 1. The van der Waals surface area contributed by atoms with E-state index in [-0.39, 0.29) is 29.2 Å². The molecule has 0 aliphatic carbocycles. The molecule has 1 aliphatic heterocycles. The number of amides is 2. The van der Waals surface area contributed by atoms with Gasteiger partial charge >= 0.3 is 0 Å². The van der Waals surface area contributed by atoms with E-state index in [1.807, 2.05) is 0 Å². The van der Waals surface area contributed by atoms with E-state index in [9.17, 15) is 18.0 Å². The molecule has 29 heavy (non-hydrogen) atoms. The third-order valence-electron chi connectivity index (χ3n) is 4.91. The number of hydrogen-bond donors (Lipinski definition) is 2. The number of nitrogens with zero attached hydrogens (tertiary/aromatic N) is 3. The highest BCUT2D eigenvalue weighted by Crippen LogP contribution is 2.31. The first-order valence-electron chi connectivity index (χ1n) is 9.33. The van der Waals surface area contributed by atoms with Gasteiger partial charge < -0.3 is 10.2 Å². The standard InChI is InChI=1S/C19H25N5O4S/c1-13(25)21-15-6-8-16(9-7-15)29(27,28)24-10-4-5-14(12-24)18-17(11-20-22-18)19(26)23(2)3/h6-9,11,14H,4-5,10,12H2,1-3H3,(H,20,22)(H,21,25)/t14-/m1/s1. The van der Waals surface area contributed by atoms with Crippen LogP contribution in [0.2, 0.25) is 0 Å². The fraction of sp³-hybridized carbons (Fsp3) is 0.421. The lowest BCUT2D eigenvalue weighted by Gasteiger charge is -2.32. The molecule has 0 saturated carbocycles. The van der Waals surface area contributed by atoms with Crippen molar-refractivity contribution in [3.8, 4) is 0 Å². The van der Waals surface area contributed by atoms with Crippen molar-refractivity contribution in [3.05, 3.63) is 41.7 Å². The summed E-state index contributed by atoms with van der Waals surface area (Å²) in [5.41, 5.74) is 1.68. The second-order valence-electron chi connectivity index (χ2n) is 7.30. The maximum Gasteiger partial charge on any atom is 0.256 e. The Balaban J connectivity index is 1.81. The topological polar surface area (TPSA) is 115 Å². The summed E-state index contributed by atoms with van der Waals surface area (Å²) in [6.45, 7) is 2.08. The van der Waals surface area contributed by atoms with Gasteiger partial charge in [0.2, 0.25) is 15.9 Å². The van der Waals surface area contributed by atoms with Gasteiger partial charge in [-0.2, -0.15) is 9.40 Å². The Morgan fingerprint density at radius 3 is 2.55 bits per heavy atom. The van der Waals surface area contributed by atoms with E-state index in [1.54, 1.807) is 26.2 Å². The zero-order chi connectivity index (χ0) is 21.2. The Morgan fingerprint density at radius 1 is 1.24 bits per heavy atom. The van der Waals surface area contributed by atoms with Gasteiger partial charge in [0.15, 0.2) is 0 Å². The summed E-state index contributed by atoms with van der Waals surface area (Å²) in [5.74, 6) is -0.525. The van der Waals surface area contributed by atoms with Crippen LogP contribution >= 0.6 is 0 Å². The van der Waals surface area contributed by atoms with Crippen molar-refractivity contribution in [1.82, 2.24) is 19.4 Å². The molecule has 0 spiro atoms. The van der Waals surface area contributed by atoms with Crippen molar-refractivity contribution in [2.24, 2.45) is 0 Å². The van der Waals surface area contributed by atoms with Crippen molar-refractivity contribution in [1.29, 1.82) is 0 Å². The van der Waals surface area contributed by atoms with Gasteiger partial charge in [-0.05, 0) is 37.1 Å². The fourth-order valence-corrected chi connectivity index (χ4v) is 5.00. The molecule has 1 fully saturated rings. The minimum Gasteiger partial charge on any atom is -0.345 e. The highest BCUT2D eigenvalue weighted by Gasteiger charge is 2.33. The van der Waals surface area contributed by atoms with Crippen LogP contribution in [0.3, 0.4) is 0 Å². The monoisotopic (exact) mass is 419 g/mol. The quantitative estimate of drug-likeness (QED) is 0.764. The van der Waals surface area contributed by atoms with Gasteiger partial charge in [0.1, 0.15) is 0 Å². The normalized spacial score (nSPS) is 17.7. The minimum absolute atomic E-state index is 0.140. The lowest BCUT2D eigenvalue weighted by Crippen LogP contribution is -2.39. The third kappa shape index (κ3) is 4.48. The number of carbonyl (C=O) groups is 2. The summed E-state index contributed by atoms with van der Waals surface area (Å²) in [4.78, 5) is 25.2. The molecule has 2 N–H and O–H groups in total. The summed E-state index contributed by atoms with van der Waals surface area (Å²) >= 11 is 0. The molecule has 0 radical (unpaired) electrons. The molecule has 1 atom stereocenters. The lowest BCUT2D eigenvalue weighted by atomic mass is 9.93. The molecule has 1 saturated heterocycles. The van der Waals surface area contributed by atoms with Crippen molar-refractivity contribution in [3.63, 3.8) is 0 Å². The number of hydrogen-bond acceptors (Lipinski definition) is 5. The van der Waals surface area contributed by atoms with Gasteiger partial charge in [-0.25, -0.2) is 8.42 Å². The summed E-state index contributed by atoms with van der Waals surface area (Å²) < 4.78 is 27.6. The van der Waals surface area contributed by atoms with E-state index in [4.69, 9.17) is 0 Å². The van der Waals surface area contributed by atoms with Crippen LogP contribution in [0.25, 0.3) is 0 Å². The highest BCUT2D eigenvalue weighted by molar-refractivity contribution is 7.89. The first-order valence-corrected chi connectivity index (χ1v) is 10.8. The van der Waals surface area contributed by atoms with Crippen LogP contribution in [0.4, 0.5) is 5.69 Å². The van der Waals surface area contributed by atoms with Crippen LogP contribution in [-0.2, 0) is 14.8 Å². The van der Waals surface area contributed by atoms with Crippen LogP contribution < -0.4 is 5.32 Å². The molecule has 156 valence electrons. The van der Waals surface area contributed by atoms with Crippen molar-refractivity contribution in [2.45, 2.75) is 30.6 Å². The van der Waals surface area contributed by atoms with E-state index in [2.05, 4.69) is 15.5 Å².